The molecule has 0 aromatic heterocycles. The van der Waals surface area contributed by atoms with Crippen molar-refractivity contribution in [2.24, 2.45) is 58.2 Å². The molecule has 4 aliphatic rings. The van der Waals surface area contributed by atoms with E-state index < -0.39 is 18.4 Å². The van der Waals surface area contributed by atoms with Gasteiger partial charge in [0.15, 0.2) is 0 Å². The average Bonchev–Trinajstić information content (AvgIpc) is 3.10. The minimum absolute atomic E-state index is 0.0317. The first kappa shape index (κ1) is 24.6. The van der Waals surface area contributed by atoms with Crippen LogP contribution < -0.4 is 0 Å². The highest BCUT2D eigenvalue weighted by Crippen LogP contribution is 2.68. The molecule has 0 saturated heterocycles. The first-order chi connectivity index (χ1) is 14.9. The minimum atomic E-state index is -0.805. The molecule has 4 fully saturated rings. The quantitative estimate of drug-likeness (QED) is 0.555. The first-order valence-corrected chi connectivity index (χ1v) is 13.4. The molecule has 0 aromatic carbocycles. The molecule has 4 saturated carbocycles. The number of hydrogen-bond donors (Lipinski definition) is 2. The van der Waals surface area contributed by atoms with Crippen LogP contribution in [0.1, 0.15) is 92.9 Å². The van der Waals surface area contributed by atoms with Crippen LogP contribution in [0.15, 0.2) is 0 Å². The van der Waals surface area contributed by atoms with Crippen molar-refractivity contribution in [3.05, 3.63) is 0 Å². The monoisotopic (exact) mass is 450 g/mol. The molecule has 32 heavy (non-hydrogen) atoms. The summed E-state index contributed by atoms with van der Waals surface area (Å²) in [6.45, 7) is 13.1. The molecule has 0 heterocycles. The van der Waals surface area contributed by atoms with Gasteiger partial charge in [-0.2, -0.15) is 0 Å². The molecule has 3 nitrogen and oxygen atoms in total. The minimum Gasteiger partial charge on any atom is -0.390 e. The highest BCUT2D eigenvalue weighted by molar-refractivity contribution is 5.83. The molecule has 4 rings (SSSR count). The third kappa shape index (κ3) is 3.70. The van der Waals surface area contributed by atoms with Crippen molar-refractivity contribution in [3.63, 3.8) is 0 Å². The molecule has 0 aliphatic heterocycles. The molecule has 4 heteroatoms. The molecule has 0 radical (unpaired) electrons. The number of rotatable bonds is 5. The summed E-state index contributed by atoms with van der Waals surface area (Å²) in [5.74, 6) is 2.49. The van der Waals surface area contributed by atoms with Crippen molar-refractivity contribution >= 4 is 5.78 Å². The lowest BCUT2D eigenvalue weighted by molar-refractivity contribution is -0.159. The lowest BCUT2D eigenvalue weighted by atomic mass is 9.44. The van der Waals surface area contributed by atoms with Crippen molar-refractivity contribution in [1.82, 2.24) is 0 Å². The van der Waals surface area contributed by atoms with Crippen LogP contribution in [0.2, 0.25) is 0 Å². The Bertz CT molecular complexity index is 709. The molecule has 4 aliphatic carbocycles. The van der Waals surface area contributed by atoms with E-state index in [9.17, 15) is 19.4 Å². The van der Waals surface area contributed by atoms with E-state index in [1.165, 1.54) is 0 Å². The summed E-state index contributed by atoms with van der Waals surface area (Å²) in [5.41, 5.74) is 0.0825. The standard InChI is InChI=1S/C28H47FO3/c1-15(2)16(3)25(31)26(32)17(4)20-7-8-21-19-14-24(30)23-13-18(29)9-11-28(23,6)22(19)10-12-27(20,21)5/h15-23,25-26,31-32H,7-14H2,1-6H3/t16-,17+,18-,19+,20-,21+,22+,23-,25-,26-,27-,28-/m1/s1. The van der Waals surface area contributed by atoms with Gasteiger partial charge in [-0.3, -0.25) is 4.79 Å². The fourth-order valence-corrected chi connectivity index (χ4v) is 9.15. The highest BCUT2D eigenvalue weighted by atomic mass is 19.1. The number of carbonyl (C=O) groups excluding carboxylic acids is 1. The van der Waals surface area contributed by atoms with E-state index in [1.54, 1.807) is 0 Å². The maximum atomic E-state index is 14.2. The Morgan fingerprint density at radius 2 is 1.53 bits per heavy atom. The van der Waals surface area contributed by atoms with Gasteiger partial charge in [0.25, 0.3) is 0 Å². The Kier molecular flexibility index (Phi) is 6.64. The van der Waals surface area contributed by atoms with E-state index in [2.05, 4.69) is 34.6 Å². The van der Waals surface area contributed by atoms with Crippen molar-refractivity contribution in [2.45, 2.75) is 111 Å². The second-order valence-electron chi connectivity index (χ2n) is 13.1. The van der Waals surface area contributed by atoms with Crippen LogP contribution in [-0.4, -0.2) is 34.4 Å². The highest BCUT2D eigenvalue weighted by Gasteiger charge is 2.63. The second kappa shape index (κ2) is 8.63. The molecule has 0 aromatic rings. The van der Waals surface area contributed by atoms with E-state index in [0.29, 0.717) is 54.6 Å². The van der Waals surface area contributed by atoms with Crippen LogP contribution in [0.3, 0.4) is 0 Å². The normalized spacial score (nSPS) is 47.9. The van der Waals surface area contributed by atoms with Crippen LogP contribution in [0.5, 0.6) is 0 Å². The van der Waals surface area contributed by atoms with Crippen LogP contribution in [-0.2, 0) is 4.79 Å². The van der Waals surface area contributed by atoms with Gasteiger partial charge in [-0.15, -0.1) is 0 Å². The molecule has 2 N–H and O–H groups in total. The third-order valence-corrected chi connectivity index (χ3v) is 11.6. The van der Waals surface area contributed by atoms with Crippen LogP contribution >= 0.6 is 0 Å². The van der Waals surface area contributed by atoms with Gasteiger partial charge in [0.05, 0.1) is 12.2 Å². The average molecular weight is 451 g/mol. The number of fused-ring (bicyclic) bond motifs is 5. The Morgan fingerprint density at radius 3 is 2.19 bits per heavy atom. The van der Waals surface area contributed by atoms with Gasteiger partial charge in [-0.1, -0.05) is 41.5 Å². The number of ketones is 1. The Hall–Kier alpha value is -0.480. The molecule has 184 valence electrons. The summed E-state index contributed by atoms with van der Waals surface area (Å²) in [6, 6.07) is 0. The van der Waals surface area contributed by atoms with Gasteiger partial charge < -0.3 is 10.2 Å². The van der Waals surface area contributed by atoms with E-state index in [1.807, 2.05) is 6.92 Å². The second-order valence-corrected chi connectivity index (χ2v) is 13.1. The molecular weight excluding hydrogens is 403 g/mol. The predicted molar refractivity (Wildman–Crippen MR) is 126 cm³/mol. The fourth-order valence-electron chi connectivity index (χ4n) is 9.15. The van der Waals surface area contributed by atoms with Gasteiger partial charge >= 0.3 is 0 Å². The number of Topliss-reactive ketones (excluding diaryl/α,β-unsaturated/α-hetero) is 1. The van der Waals surface area contributed by atoms with E-state index in [0.717, 1.165) is 32.1 Å². The topological polar surface area (TPSA) is 57.5 Å². The summed E-state index contributed by atoms with van der Waals surface area (Å²) in [6.07, 6.45) is 4.78. The number of aliphatic hydroxyl groups is 2. The Labute approximate surface area is 194 Å². The van der Waals surface area contributed by atoms with E-state index in [4.69, 9.17) is 0 Å². The number of halogens is 1. The zero-order chi connectivity index (χ0) is 23.6. The third-order valence-electron chi connectivity index (χ3n) is 11.6. The first-order valence-electron chi connectivity index (χ1n) is 13.4. The molecule has 0 unspecified atom stereocenters. The van der Waals surface area contributed by atoms with Crippen molar-refractivity contribution in [3.8, 4) is 0 Å². The SMILES string of the molecule is CC(C)[C@@H](C)[C@@H](O)[C@H](O)[C@@H](C)[C@H]1CC[C@H]2[C@@H]3CC(=O)[C@H]4C[C@H](F)CC[C@]4(C)[C@H]3CC[C@]12C. The zero-order valence-corrected chi connectivity index (χ0v) is 21.2. The molecule has 0 spiro atoms. The maximum Gasteiger partial charge on any atom is 0.136 e. The Balaban J connectivity index is 1.54. The van der Waals surface area contributed by atoms with E-state index in [-0.39, 0.29) is 28.6 Å². The van der Waals surface area contributed by atoms with Gasteiger partial charge in [-0.25, -0.2) is 4.39 Å². The molecular formula is C28H47FO3. The van der Waals surface area contributed by atoms with Crippen LogP contribution in [0.25, 0.3) is 0 Å². The van der Waals surface area contributed by atoms with Crippen molar-refractivity contribution < 1.29 is 19.4 Å². The summed E-state index contributed by atoms with van der Waals surface area (Å²) >= 11 is 0. The van der Waals surface area contributed by atoms with Crippen LogP contribution in [0, 0.1) is 58.2 Å². The summed E-state index contributed by atoms with van der Waals surface area (Å²) in [5, 5.41) is 22.0. The van der Waals surface area contributed by atoms with Crippen molar-refractivity contribution in [1.29, 1.82) is 0 Å². The van der Waals surface area contributed by atoms with Gasteiger partial charge in [-0.05, 0) is 97.2 Å². The molecule has 0 bridgehead atoms. The molecule has 12 atom stereocenters. The predicted octanol–water partition coefficient (Wildman–Crippen LogP) is 5.81. The number of carbonyl (C=O) groups is 1. The Morgan fingerprint density at radius 1 is 0.906 bits per heavy atom. The smallest absolute Gasteiger partial charge is 0.136 e. The zero-order valence-electron chi connectivity index (χ0n) is 21.2. The molecule has 0 amide bonds. The van der Waals surface area contributed by atoms with E-state index >= 15 is 0 Å². The van der Waals surface area contributed by atoms with Gasteiger partial charge in [0, 0.05) is 12.3 Å². The number of alkyl halides is 1. The lowest BCUT2D eigenvalue weighted by Crippen LogP contribution is -2.57. The largest absolute Gasteiger partial charge is 0.390 e. The summed E-state index contributed by atoms with van der Waals surface area (Å²) < 4.78 is 14.2. The number of hydrogen-bond acceptors (Lipinski definition) is 3. The van der Waals surface area contributed by atoms with Crippen LogP contribution in [0.4, 0.5) is 4.39 Å². The number of aliphatic hydroxyl groups excluding tert-OH is 2. The fraction of sp³-hybridized carbons (Fsp3) is 0.964. The van der Waals surface area contributed by atoms with Crippen molar-refractivity contribution in [2.75, 3.05) is 0 Å². The van der Waals surface area contributed by atoms with Gasteiger partial charge in [0.2, 0.25) is 0 Å². The summed E-state index contributed by atoms with van der Waals surface area (Å²) in [7, 11) is 0. The summed E-state index contributed by atoms with van der Waals surface area (Å²) in [4.78, 5) is 13.2. The van der Waals surface area contributed by atoms with Gasteiger partial charge in [0.1, 0.15) is 12.0 Å². The maximum absolute atomic E-state index is 14.2. The lowest BCUT2D eigenvalue weighted by Gasteiger charge is -2.60.